The molecule has 0 bridgehead atoms. The maximum Gasteiger partial charge on any atom is 0.136 e. The van der Waals surface area contributed by atoms with E-state index in [4.69, 9.17) is 5.73 Å². The van der Waals surface area contributed by atoms with Gasteiger partial charge in [0.2, 0.25) is 0 Å². The number of nitrogens with one attached hydrogen (secondary N) is 1. The summed E-state index contributed by atoms with van der Waals surface area (Å²) in [6, 6.07) is 0. The lowest BCUT2D eigenvalue weighted by Gasteiger charge is -1.96. The third-order valence-corrected chi connectivity index (χ3v) is 1.47. The average Bonchev–Trinajstić information content (AvgIpc) is 2.34. The van der Waals surface area contributed by atoms with Crippen molar-refractivity contribution in [1.82, 2.24) is 4.98 Å². The summed E-state index contributed by atoms with van der Waals surface area (Å²) in [5.41, 5.74) is 7.05. The molecular formula is C5H9N3S. The van der Waals surface area contributed by atoms with Gasteiger partial charge in [-0.05, 0) is 0 Å². The van der Waals surface area contributed by atoms with E-state index in [0.29, 0.717) is 6.54 Å². The highest BCUT2D eigenvalue weighted by atomic mass is 32.1. The highest BCUT2D eigenvalue weighted by Crippen LogP contribution is 2.04. The van der Waals surface area contributed by atoms with E-state index in [1.807, 2.05) is 5.38 Å². The number of rotatable bonds is 3. The monoisotopic (exact) mass is 143 g/mol. The van der Waals surface area contributed by atoms with Crippen molar-refractivity contribution >= 4 is 17.2 Å². The van der Waals surface area contributed by atoms with E-state index in [1.54, 1.807) is 16.8 Å². The van der Waals surface area contributed by atoms with Gasteiger partial charge in [-0.1, -0.05) is 0 Å². The zero-order valence-corrected chi connectivity index (χ0v) is 5.82. The normalized spacial score (nSPS) is 9.44. The molecule has 4 heteroatoms. The molecule has 0 unspecified atom stereocenters. The van der Waals surface area contributed by atoms with Crippen LogP contribution in [-0.4, -0.2) is 18.1 Å². The first-order valence-electron chi connectivity index (χ1n) is 2.75. The second-order valence-corrected chi connectivity index (χ2v) is 2.31. The smallest absolute Gasteiger partial charge is 0.136 e. The Morgan fingerprint density at radius 1 is 1.78 bits per heavy atom. The lowest BCUT2D eigenvalue weighted by atomic mass is 10.6. The second-order valence-electron chi connectivity index (χ2n) is 1.59. The molecule has 0 aliphatic rings. The van der Waals surface area contributed by atoms with E-state index in [-0.39, 0.29) is 0 Å². The summed E-state index contributed by atoms with van der Waals surface area (Å²) in [4.78, 5) is 4.01. The standard InChI is InChI=1S/C5H9N3S/c6-1-2-7-5-3-9-4-8-5/h3-4,7H,1-2,6H2. The minimum Gasteiger partial charge on any atom is -0.368 e. The number of nitrogens with two attached hydrogens (primary N) is 1. The van der Waals surface area contributed by atoms with E-state index in [2.05, 4.69) is 10.3 Å². The van der Waals surface area contributed by atoms with Crippen LogP contribution in [0.25, 0.3) is 0 Å². The van der Waals surface area contributed by atoms with Crippen molar-refractivity contribution in [3.63, 3.8) is 0 Å². The molecule has 0 saturated carbocycles. The predicted octanol–water partition coefficient (Wildman–Crippen LogP) is 0.514. The minimum absolute atomic E-state index is 0.650. The Morgan fingerprint density at radius 2 is 2.67 bits per heavy atom. The third kappa shape index (κ3) is 1.99. The fourth-order valence-corrected chi connectivity index (χ4v) is 1.01. The summed E-state index contributed by atoms with van der Waals surface area (Å²) in [5, 5.41) is 5.00. The van der Waals surface area contributed by atoms with Gasteiger partial charge < -0.3 is 11.1 Å². The summed E-state index contributed by atoms with van der Waals surface area (Å²) in [6.07, 6.45) is 0. The van der Waals surface area contributed by atoms with Gasteiger partial charge in [0, 0.05) is 18.5 Å². The van der Waals surface area contributed by atoms with Gasteiger partial charge in [-0.15, -0.1) is 11.3 Å². The van der Waals surface area contributed by atoms with Crippen molar-refractivity contribution in [2.75, 3.05) is 18.4 Å². The molecule has 1 heterocycles. The van der Waals surface area contributed by atoms with Crippen molar-refractivity contribution < 1.29 is 0 Å². The van der Waals surface area contributed by atoms with E-state index in [0.717, 1.165) is 12.4 Å². The lowest BCUT2D eigenvalue weighted by molar-refractivity contribution is 1.02. The van der Waals surface area contributed by atoms with Crippen LogP contribution in [0.1, 0.15) is 0 Å². The molecule has 3 nitrogen and oxygen atoms in total. The molecule has 0 radical (unpaired) electrons. The van der Waals surface area contributed by atoms with Gasteiger partial charge in [0.05, 0.1) is 5.51 Å². The van der Waals surface area contributed by atoms with Crippen molar-refractivity contribution in [2.24, 2.45) is 5.73 Å². The van der Waals surface area contributed by atoms with Crippen LogP contribution in [0.5, 0.6) is 0 Å². The van der Waals surface area contributed by atoms with Gasteiger partial charge in [-0.3, -0.25) is 0 Å². The van der Waals surface area contributed by atoms with Gasteiger partial charge in [0.25, 0.3) is 0 Å². The molecule has 3 N–H and O–H groups in total. The van der Waals surface area contributed by atoms with Crippen LogP contribution in [-0.2, 0) is 0 Å². The van der Waals surface area contributed by atoms with Crippen LogP contribution >= 0.6 is 11.3 Å². The lowest BCUT2D eigenvalue weighted by Crippen LogP contribution is -2.12. The summed E-state index contributed by atoms with van der Waals surface area (Å²) >= 11 is 1.58. The number of hydrogen-bond acceptors (Lipinski definition) is 4. The topological polar surface area (TPSA) is 50.9 Å². The second kappa shape index (κ2) is 3.42. The molecule has 0 amide bonds. The van der Waals surface area contributed by atoms with Gasteiger partial charge >= 0.3 is 0 Å². The van der Waals surface area contributed by atoms with Crippen LogP contribution in [0.2, 0.25) is 0 Å². The molecule has 1 aromatic rings. The molecular weight excluding hydrogens is 134 g/mol. The zero-order chi connectivity index (χ0) is 6.53. The van der Waals surface area contributed by atoms with E-state index in [9.17, 15) is 0 Å². The Kier molecular flexibility index (Phi) is 2.48. The van der Waals surface area contributed by atoms with Crippen molar-refractivity contribution in [3.8, 4) is 0 Å². The van der Waals surface area contributed by atoms with Crippen molar-refractivity contribution in [3.05, 3.63) is 10.9 Å². The van der Waals surface area contributed by atoms with Crippen LogP contribution in [0.15, 0.2) is 10.9 Å². The predicted molar refractivity (Wildman–Crippen MR) is 39.7 cm³/mol. The van der Waals surface area contributed by atoms with Crippen molar-refractivity contribution in [2.45, 2.75) is 0 Å². The zero-order valence-electron chi connectivity index (χ0n) is 5.00. The van der Waals surface area contributed by atoms with Crippen molar-refractivity contribution in [1.29, 1.82) is 0 Å². The number of thiazole rings is 1. The SMILES string of the molecule is NCCNc1cscn1. The Morgan fingerprint density at radius 3 is 3.22 bits per heavy atom. The highest BCUT2D eigenvalue weighted by molar-refractivity contribution is 7.07. The third-order valence-electron chi connectivity index (χ3n) is 0.883. The van der Waals surface area contributed by atoms with E-state index < -0.39 is 0 Å². The van der Waals surface area contributed by atoms with E-state index >= 15 is 0 Å². The molecule has 1 aromatic heterocycles. The first-order valence-corrected chi connectivity index (χ1v) is 3.70. The molecule has 0 spiro atoms. The Balaban J connectivity index is 2.30. The molecule has 1 rings (SSSR count). The minimum atomic E-state index is 0.650. The largest absolute Gasteiger partial charge is 0.368 e. The maximum absolute atomic E-state index is 5.26. The number of hydrogen-bond donors (Lipinski definition) is 2. The van der Waals surface area contributed by atoms with Crippen LogP contribution in [0, 0.1) is 0 Å². The Bertz CT molecular complexity index is 149. The molecule has 9 heavy (non-hydrogen) atoms. The van der Waals surface area contributed by atoms with E-state index in [1.165, 1.54) is 0 Å². The number of aromatic nitrogens is 1. The highest BCUT2D eigenvalue weighted by Gasteiger charge is 1.88. The molecule has 50 valence electrons. The molecule has 0 aliphatic carbocycles. The van der Waals surface area contributed by atoms with Crippen LogP contribution < -0.4 is 11.1 Å². The first-order chi connectivity index (χ1) is 4.43. The Labute approximate surface area is 57.9 Å². The average molecular weight is 143 g/mol. The van der Waals surface area contributed by atoms with Crippen LogP contribution in [0.4, 0.5) is 5.82 Å². The number of anilines is 1. The summed E-state index contributed by atoms with van der Waals surface area (Å²) in [7, 11) is 0. The number of nitrogens with zero attached hydrogens (tertiary/aromatic N) is 1. The Hall–Kier alpha value is -0.610. The van der Waals surface area contributed by atoms with Gasteiger partial charge in [-0.2, -0.15) is 0 Å². The maximum atomic E-state index is 5.26. The first kappa shape index (κ1) is 6.51. The quantitative estimate of drug-likeness (QED) is 0.648. The fraction of sp³-hybridized carbons (Fsp3) is 0.400. The van der Waals surface area contributed by atoms with Gasteiger partial charge in [0.15, 0.2) is 0 Å². The summed E-state index contributed by atoms with van der Waals surface area (Å²) in [5.74, 6) is 0.922. The molecule has 0 aromatic carbocycles. The molecule has 0 atom stereocenters. The summed E-state index contributed by atoms with van der Waals surface area (Å²) < 4.78 is 0. The van der Waals surface area contributed by atoms with Crippen LogP contribution in [0.3, 0.4) is 0 Å². The van der Waals surface area contributed by atoms with Gasteiger partial charge in [-0.25, -0.2) is 4.98 Å². The van der Waals surface area contributed by atoms with Gasteiger partial charge in [0.1, 0.15) is 5.82 Å². The summed E-state index contributed by atoms with van der Waals surface area (Å²) in [6.45, 7) is 1.45. The molecule has 0 saturated heterocycles. The fourth-order valence-electron chi connectivity index (χ4n) is 0.500. The molecule has 0 fully saturated rings. The molecule has 0 aliphatic heterocycles.